The van der Waals surface area contributed by atoms with E-state index in [4.69, 9.17) is 9.47 Å². The van der Waals surface area contributed by atoms with Gasteiger partial charge in [-0.3, -0.25) is 0 Å². The molecule has 0 fully saturated rings. The van der Waals surface area contributed by atoms with E-state index in [2.05, 4.69) is 31.1 Å². The summed E-state index contributed by atoms with van der Waals surface area (Å²) in [7, 11) is 4.96. The lowest BCUT2D eigenvalue weighted by Crippen LogP contribution is -2.03. The number of methoxy groups -OCH3 is 2. The average molecular weight is 378 g/mol. The number of hydrogen-bond donors (Lipinski definition) is 3. The molecule has 0 amide bonds. The molecule has 0 saturated carbocycles. The molecule has 28 heavy (non-hydrogen) atoms. The van der Waals surface area contributed by atoms with E-state index in [-0.39, 0.29) is 0 Å². The van der Waals surface area contributed by atoms with Crippen molar-refractivity contribution in [1.82, 2.24) is 15.4 Å². The number of hydrogen-bond acceptors (Lipinski definition) is 8. The van der Waals surface area contributed by atoms with Crippen LogP contribution in [0.5, 0.6) is 11.5 Å². The molecular weight excluding hydrogens is 356 g/mol. The number of para-hydroxylation sites is 1. The van der Waals surface area contributed by atoms with Crippen LogP contribution in [0, 0.1) is 0 Å². The maximum absolute atomic E-state index is 5.29. The molecule has 2 aromatic carbocycles. The molecule has 3 N–H and O–H groups in total. The first-order chi connectivity index (χ1) is 13.7. The highest BCUT2D eigenvalue weighted by Crippen LogP contribution is 2.27. The van der Waals surface area contributed by atoms with Crippen LogP contribution in [-0.2, 0) is 0 Å². The maximum Gasteiger partial charge on any atom is 0.229 e. The first-order valence-electron chi connectivity index (χ1n) is 8.61. The van der Waals surface area contributed by atoms with Crippen molar-refractivity contribution in [3.05, 3.63) is 60.3 Å². The Kier molecular flexibility index (Phi) is 6.25. The van der Waals surface area contributed by atoms with E-state index in [9.17, 15) is 0 Å². The summed E-state index contributed by atoms with van der Waals surface area (Å²) in [5.41, 5.74) is 5.32. The van der Waals surface area contributed by atoms with E-state index in [1.165, 1.54) is 0 Å². The van der Waals surface area contributed by atoms with Crippen molar-refractivity contribution in [2.75, 3.05) is 31.9 Å². The third-order valence-corrected chi connectivity index (χ3v) is 3.82. The fourth-order valence-electron chi connectivity index (χ4n) is 2.49. The third-order valence-electron chi connectivity index (χ3n) is 3.82. The Bertz CT molecular complexity index is 939. The number of nitrogens with one attached hydrogen (secondary N) is 3. The van der Waals surface area contributed by atoms with Crippen molar-refractivity contribution in [3.8, 4) is 11.5 Å². The molecule has 0 radical (unpaired) electrons. The van der Waals surface area contributed by atoms with Gasteiger partial charge in [0.2, 0.25) is 5.95 Å². The molecule has 0 aliphatic heterocycles. The van der Waals surface area contributed by atoms with Gasteiger partial charge in [-0.1, -0.05) is 18.2 Å². The van der Waals surface area contributed by atoms with Crippen LogP contribution in [0.15, 0.2) is 59.8 Å². The molecule has 0 spiro atoms. The summed E-state index contributed by atoms with van der Waals surface area (Å²) < 4.78 is 10.6. The summed E-state index contributed by atoms with van der Waals surface area (Å²) in [6.07, 6.45) is 3.42. The number of rotatable bonds is 8. The highest BCUT2D eigenvalue weighted by molar-refractivity contribution is 5.88. The predicted octanol–water partition coefficient (Wildman–Crippen LogP) is 3.53. The van der Waals surface area contributed by atoms with Crippen LogP contribution in [0.1, 0.15) is 5.56 Å². The van der Waals surface area contributed by atoms with Gasteiger partial charge in [0.1, 0.15) is 17.3 Å². The van der Waals surface area contributed by atoms with Gasteiger partial charge in [0, 0.05) is 48.4 Å². The fraction of sp³-hybridized carbons (Fsp3) is 0.150. The molecule has 8 nitrogen and oxygen atoms in total. The molecule has 0 saturated heterocycles. The number of anilines is 4. The molecule has 3 aromatic rings. The zero-order valence-corrected chi connectivity index (χ0v) is 15.9. The minimum atomic E-state index is 0.446. The summed E-state index contributed by atoms with van der Waals surface area (Å²) in [5, 5.41) is 10.5. The van der Waals surface area contributed by atoms with E-state index in [0.717, 1.165) is 16.9 Å². The average Bonchev–Trinajstić information content (AvgIpc) is 2.73. The molecule has 0 bridgehead atoms. The Morgan fingerprint density at radius 3 is 2.43 bits per heavy atom. The monoisotopic (exact) mass is 378 g/mol. The lowest BCUT2D eigenvalue weighted by atomic mass is 10.2. The normalized spacial score (nSPS) is 10.5. The van der Waals surface area contributed by atoms with Crippen molar-refractivity contribution in [2.24, 2.45) is 5.10 Å². The SMILES string of the molecule is CN/N=C\c1ccccc1Nc1ccnc(Nc2cc(OC)cc(OC)c2)n1. The first-order valence-corrected chi connectivity index (χ1v) is 8.61. The van der Waals surface area contributed by atoms with Crippen LogP contribution >= 0.6 is 0 Å². The summed E-state index contributed by atoms with van der Waals surface area (Å²) in [5.74, 6) is 2.45. The first kappa shape index (κ1) is 19.0. The van der Waals surface area contributed by atoms with E-state index in [1.807, 2.05) is 36.4 Å². The van der Waals surface area contributed by atoms with Crippen LogP contribution in [-0.4, -0.2) is 37.4 Å². The van der Waals surface area contributed by atoms with Gasteiger partial charge in [-0.15, -0.1) is 0 Å². The van der Waals surface area contributed by atoms with Crippen LogP contribution < -0.4 is 25.5 Å². The Morgan fingerprint density at radius 1 is 0.964 bits per heavy atom. The van der Waals surface area contributed by atoms with E-state index >= 15 is 0 Å². The van der Waals surface area contributed by atoms with Crippen LogP contribution in [0.25, 0.3) is 0 Å². The highest BCUT2D eigenvalue weighted by Gasteiger charge is 2.06. The molecule has 0 atom stereocenters. The zero-order chi connectivity index (χ0) is 19.8. The second-order valence-electron chi connectivity index (χ2n) is 5.69. The minimum absolute atomic E-state index is 0.446. The molecule has 0 unspecified atom stereocenters. The Labute approximate surface area is 163 Å². The van der Waals surface area contributed by atoms with Crippen molar-refractivity contribution < 1.29 is 9.47 Å². The van der Waals surface area contributed by atoms with Crippen molar-refractivity contribution in [2.45, 2.75) is 0 Å². The van der Waals surface area contributed by atoms with E-state index in [0.29, 0.717) is 23.3 Å². The molecule has 0 aliphatic carbocycles. The summed E-state index contributed by atoms with van der Waals surface area (Å²) in [6, 6.07) is 15.1. The minimum Gasteiger partial charge on any atom is -0.497 e. The zero-order valence-electron chi connectivity index (χ0n) is 15.9. The predicted molar refractivity (Wildman–Crippen MR) is 111 cm³/mol. The van der Waals surface area contributed by atoms with Gasteiger partial charge in [0.25, 0.3) is 0 Å². The highest BCUT2D eigenvalue weighted by atomic mass is 16.5. The summed E-state index contributed by atoms with van der Waals surface area (Å²) in [4.78, 5) is 8.80. The van der Waals surface area contributed by atoms with E-state index in [1.54, 1.807) is 45.8 Å². The van der Waals surface area contributed by atoms with Crippen LogP contribution in [0.4, 0.5) is 23.1 Å². The molecule has 8 heteroatoms. The second kappa shape index (κ2) is 9.22. The topological polar surface area (TPSA) is 92.7 Å². The lowest BCUT2D eigenvalue weighted by molar-refractivity contribution is 0.395. The van der Waals surface area contributed by atoms with Crippen molar-refractivity contribution in [3.63, 3.8) is 0 Å². The maximum atomic E-state index is 5.29. The van der Waals surface area contributed by atoms with Crippen molar-refractivity contribution >= 4 is 29.4 Å². The van der Waals surface area contributed by atoms with Crippen molar-refractivity contribution in [1.29, 1.82) is 0 Å². The van der Waals surface area contributed by atoms with Crippen LogP contribution in [0.3, 0.4) is 0 Å². The molecule has 144 valence electrons. The number of aromatic nitrogens is 2. The smallest absolute Gasteiger partial charge is 0.229 e. The number of nitrogens with zero attached hydrogens (tertiary/aromatic N) is 3. The van der Waals surface area contributed by atoms with Gasteiger partial charge < -0.3 is 25.5 Å². The number of hydrazone groups is 1. The summed E-state index contributed by atoms with van der Waals surface area (Å²) >= 11 is 0. The number of benzene rings is 2. The summed E-state index contributed by atoms with van der Waals surface area (Å²) in [6.45, 7) is 0. The third kappa shape index (κ3) is 4.88. The molecule has 1 aromatic heterocycles. The van der Waals surface area contributed by atoms with Gasteiger partial charge in [-0.25, -0.2) is 4.98 Å². The van der Waals surface area contributed by atoms with Crippen LogP contribution in [0.2, 0.25) is 0 Å². The second-order valence-corrected chi connectivity index (χ2v) is 5.69. The Balaban J connectivity index is 1.81. The molecule has 1 heterocycles. The lowest BCUT2D eigenvalue weighted by Gasteiger charge is -2.12. The van der Waals surface area contributed by atoms with Gasteiger partial charge in [0.15, 0.2) is 0 Å². The standard InChI is InChI=1S/C20H22N6O2/c1-21-23-13-14-6-4-5-7-18(14)25-19-8-9-22-20(26-19)24-15-10-16(27-2)12-17(11-15)28-3/h4-13,21H,1-3H3,(H2,22,24,25,26)/b23-13-. The Hall–Kier alpha value is -3.81. The fourth-order valence-corrected chi connectivity index (χ4v) is 2.49. The Morgan fingerprint density at radius 2 is 1.71 bits per heavy atom. The molecule has 0 aliphatic rings. The van der Waals surface area contributed by atoms with Gasteiger partial charge in [0.05, 0.1) is 20.4 Å². The van der Waals surface area contributed by atoms with Gasteiger partial charge in [-0.05, 0) is 12.1 Å². The quantitative estimate of drug-likeness (QED) is 0.408. The van der Waals surface area contributed by atoms with Gasteiger partial charge in [-0.2, -0.15) is 10.1 Å². The molecular formula is C20H22N6O2. The van der Waals surface area contributed by atoms with Gasteiger partial charge >= 0.3 is 0 Å². The van der Waals surface area contributed by atoms with E-state index < -0.39 is 0 Å². The largest absolute Gasteiger partial charge is 0.497 e. The number of ether oxygens (including phenoxy) is 2. The molecule has 3 rings (SSSR count).